The van der Waals surface area contributed by atoms with E-state index in [4.69, 9.17) is 4.55 Å². The number of amides is 3. The van der Waals surface area contributed by atoms with E-state index in [1.54, 1.807) is 59.4 Å². The summed E-state index contributed by atoms with van der Waals surface area (Å²) >= 11 is 1.22. The van der Waals surface area contributed by atoms with Crippen molar-refractivity contribution in [3.63, 3.8) is 0 Å². The van der Waals surface area contributed by atoms with Gasteiger partial charge in [0.2, 0.25) is 5.91 Å². The average Bonchev–Trinajstić information content (AvgIpc) is 3.52. The van der Waals surface area contributed by atoms with Gasteiger partial charge in [0.25, 0.3) is 21.9 Å². The number of nitrogens with one attached hydrogen (secondary N) is 3. The number of imidazole rings is 1. The second-order valence-electron chi connectivity index (χ2n) is 10.3. The van der Waals surface area contributed by atoms with E-state index < -0.39 is 74.4 Å². The summed E-state index contributed by atoms with van der Waals surface area (Å²) in [6.07, 6.45) is 4.32. The van der Waals surface area contributed by atoms with E-state index in [9.17, 15) is 42.6 Å². The summed E-state index contributed by atoms with van der Waals surface area (Å²) in [5, 5.41) is 25.8. The fourth-order valence-electron chi connectivity index (χ4n) is 5.03. The molecule has 3 atom stereocenters. The predicted molar refractivity (Wildman–Crippen MR) is 163 cm³/mol. The van der Waals surface area contributed by atoms with E-state index >= 15 is 0 Å². The molecule has 2 aliphatic heterocycles. The number of benzene rings is 1. The molecule has 47 heavy (non-hydrogen) atoms. The van der Waals surface area contributed by atoms with Gasteiger partial charge in [0.05, 0.1) is 23.7 Å². The Hall–Kier alpha value is -4.07. The van der Waals surface area contributed by atoms with Crippen molar-refractivity contribution in [3.8, 4) is 0 Å². The Morgan fingerprint density at radius 3 is 2.45 bits per heavy atom. The van der Waals surface area contributed by atoms with E-state index in [0.717, 1.165) is 11.2 Å². The van der Waals surface area contributed by atoms with E-state index in [1.165, 1.54) is 11.8 Å². The maximum atomic E-state index is 13.5. The third-order valence-corrected chi connectivity index (χ3v) is 9.32. The number of aromatic amines is 1. The molecule has 242 valence electrons. The van der Waals surface area contributed by atoms with Crippen LogP contribution >= 0.6 is 11.8 Å². The molecule has 0 saturated carbocycles. The SMILES string of the molecule is O=C([O-])C1=C(C[n+]2ccc(CCS(=O)(=O)O)cc2)CS[C@@H]2[C@H](NC(=O)[C@H](NC(=O)c3nc[nH]c3C(=O)O)c3ccccc3)C(=O)N12.[NaH]. The third-order valence-electron chi connectivity index (χ3n) is 7.26. The summed E-state index contributed by atoms with van der Waals surface area (Å²) in [5.41, 5.74) is 0.0924. The number of aryl methyl sites for hydroxylation is 1. The molecule has 1 fully saturated rings. The monoisotopic (exact) mass is 694 g/mol. The van der Waals surface area contributed by atoms with Gasteiger partial charge in [0.1, 0.15) is 17.5 Å². The zero-order valence-electron chi connectivity index (χ0n) is 23.7. The number of carbonyl (C=O) groups is 5. The molecule has 3 amide bonds. The molecule has 1 aromatic carbocycles. The first-order chi connectivity index (χ1) is 21.8. The summed E-state index contributed by atoms with van der Waals surface area (Å²) in [4.78, 5) is 70.5. The number of thioether (sulfide) groups is 1. The van der Waals surface area contributed by atoms with Crippen molar-refractivity contribution in [2.45, 2.75) is 30.4 Å². The molecule has 0 aliphatic carbocycles. The second kappa shape index (κ2) is 14.8. The second-order valence-corrected chi connectivity index (χ2v) is 13.0. The molecular formula is C28H27N6NaO10S2. The van der Waals surface area contributed by atoms with Gasteiger partial charge in [0, 0.05) is 23.5 Å². The van der Waals surface area contributed by atoms with E-state index in [1.807, 2.05) is 0 Å². The summed E-state index contributed by atoms with van der Waals surface area (Å²) in [6.45, 7) is 0.0794. The third kappa shape index (κ3) is 8.09. The van der Waals surface area contributed by atoms with Crippen LogP contribution in [0.25, 0.3) is 0 Å². The number of aromatic nitrogens is 3. The first-order valence-corrected chi connectivity index (χ1v) is 16.2. The predicted octanol–water partition coefficient (Wildman–Crippen LogP) is -2.25. The van der Waals surface area contributed by atoms with Crippen LogP contribution in [-0.2, 0) is 37.5 Å². The van der Waals surface area contributed by atoms with Gasteiger partial charge >= 0.3 is 35.5 Å². The summed E-state index contributed by atoms with van der Waals surface area (Å²) in [7, 11) is -4.13. The molecule has 2 aliphatic rings. The molecule has 2 aromatic heterocycles. The minimum atomic E-state index is -4.13. The van der Waals surface area contributed by atoms with Crippen LogP contribution in [0.4, 0.5) is 0 Å². The molecule has 1 saturated heterocycles. The van der Waals surface area contributed by atoms with Crippen LogP contribution in [0.3, 0.4) is 0 Å². The first kappa shape index (κ1) is 35.8. The van der Waals surface area contributed by atoms with Gasteiger partial charge in [-0.25, -0.2) is 14.3 Å². The van der Waals surface area contributed by atoms with Gasteiger partial charge in [-0.2, -0.15) is 8.42 Å². The molecule has 19 heteroatoms. The van der Waals surface area contributed by atoms with Gasteiger partial charge in [-0.05, 0) is 17.5 Å². The van der Waals surface area contributed by atoms with Crippen LogP contribution in [0.2, 0.25) is 0 Å². The van der Waals surface area contributed by atoms with Crippen molar-refractivity contribution in [2.75, 3.05) is 11.5 Å². The fraction of sp³-hybridized carbons (Fsp3) is 0.250. The van der Waals surface area contributed by atoms with Gasteiger partial charge in [-0.3, -0.25) is 23.8 Å². The van der Waals surface area contributed by atoms with E-state index in [2.05, 4.69) is 20.6 Å². The number of H-pyrrole nitrogens is 1. The molecule has 5 N–H and O–H groups in total. The number of hydrogen-bond donors (Lipinski definition) is 5. The van der Waals surface area contributed by atoms with E-state index in [0.29, 0.717) is 16.7 Å². The van der Waals surface area contributed by atoms with Crippen molar-refractivity contribution in [1.82, 2.24) is 25.5 Å². The molecule has 4 heterocycles. The Morgan fingerprint density at radius 1 is 1.15 bits per heavy atom. The van der Waals surface area contributed by atoms with Gasteiger partial charge in [0.15, 0.2) is 30.3 Å². The van der Waals surface area contributed by atoms with Crippen molar-refractivity contribution in [1.29, 1.82) is 0 Å². The number of nitrogens with zero attached hydrogens (tertiary/aromatic N) is 3. The Labute approximate surface area is 293 Å². The fourth-order valence-corrected chi connectivity index (χ4v) is 6.86. The Kier molecular flexibility index (Phi) is 11.3. The number of rotatable bonds is 12. The molecule has 16 nitrogen and oxygen atoms in total. The molecule has 5 rings (SSSR count). The molecule has 0 unspecified atom stereocenters. The first-order valence-electron chi connectivity index (χ1n) is 13.6. The van der Waals surface area contributed by atoms with Crippen LogP contribution in [0, 0.1) is 0 Å². The average molecular weight is 695 g/mol. The van der Waals surface area contributed by atoms with Gasteiger partial charge in [-0.15, -0.1) is 11.8 Å². The maximum absolute atomic E-state index is 13.5. The number of pyridine rings is 1. The zero-order chi connectivity index (χ0) is 33.2. The zero-order valence-corrected chi connectivity index (χ0v) is 25.3. The number of carboxylic acids is 2. The van der Waals surface area contributed by atoms with Gasteiger partial charge in [-0.1, -0.05) is 30.3 Å². The van der Waals surface area contributed by atoms with Crippen LogP contribution in [0.15, 0.2) is 72.5 Å². The normalized spacial score (nSPS) is 17.9. The number of carboxylic acid groups (broad SMARTS) is 2. The molecule has 0 bridgehead atoms. The van der Waals surface area contributed by atoms with Crippen LogP contribution in [0.1, 0.15) is 38.1 Å². The minimum absolute atomic E-state index is 0. The van der Waals surface area contributed by atoms with Gasteiger partial charge < -0.3 is 30.6 Å². The number of fused-ring (bicyclic) bond motifs is 1. The standard InChI is InChI=1S/C28H26N6O10S2.Na.H/c35-23(18(16-4-2-1-3-5-16)31-24(36)19-20(27(38)39)30-14-29-19)32-21-25(37)34-22(28(40)41)17(13-45-26(21)34)12-33-9-6-15(7-10-33)8-11-46(42,43)44;;/h1-7,9-10,14,18,21,26H,8,11-13H2,(H5-,29,30,31,32,35,36,38,39,40,41,42,43,44);;/t18-,21-,26-;;/m1../s1. The van der Waals surface area contributed by atoms with Crippen molar-refractivity contribution in [2.24, 2.45) is 0 Å². The quantitative estimate of drug-likeness (QED) is 0.0585. The number of aliphatic carboxylic acids is 1. The Balaban J connectivity index is 0.00000500. The van der Waals surface area contributed by atoms with Crippen molar-refractivity contribution in [3.05, 3.63) is 95.0 Å². The van der Waals surface area contributed by atoms with Crippen molar-refractivity contribution < 1.29 is 51.7 Å². The summed E-state index contributed by atoms with van der Waals surface area (Å²) < 4.78 is 32.6. The van der Waals surface area contributed by atoms with Crippen molar-refractivity contribution >= 4 is 81.1 Å². The van der Waals surface area contributed by atoms with E-state index in [-0.39, 0.29) is 54.0 Å². The number of β-lactam (4-membered cyclic amide) rings is 1. The number of carbonyl (C=O) groups excluding carboxylic acids is 4. The van der Waals surface area contributed by atoms with Crippen LogP contribution < -0.4 is 20.3 Å². The van der Waals surface area contributed by atoms with Crippen LogP contribution in [0.5, 0.6) is 0 Å². The number of aromatic carboxylic acids is 1. The summed E-state index contributed by atoms with van der Waals surface area (Å²) in [5.74, 6) is -5.72. The molecule has 0 radical (unpaired) electrons. The Morgan fingerprint density at radius 2 is 1.83 bits per heavy atom. The topological polar surface area (TPSA) is 243 Å². The number of hydrogen-bond acceptors (Lipinski definition) is 10. The molecular weight excluding hydrogens is 667 g/mol. The van der Waals surface area contributed by atoms with Crippen LogP contribution in [-0.4, -0.2) is 115 Å². The molecule has 3 aromatic rings. The molecule has 0 spiro atoms. The summed E-state index contributed by atoms with van der Waals surface area (Å²) in [6, 6.07) is 8.80. The Bertz CT molecular complexity index is 1850.